The first kappa shape index (κ1) is 25.9. The highest BCUT2D eigenvalue weighted by atomic mass is 28.5. The molecule has 4 nitrogen and oxygen atoms in total. The van der Waals surface area contributed by atoms with Crippen molar-refractivity contribution in [3.05, 3.63) is 59.7 Å². The van der Waals surface area contributed by atoms with Crippen LogP contribution in [0.5, 0.6) is 11.5 Å². The van der Waals surface area contributed by atoms with Gasteiger partial charge in [-0.05, 0) is 112 Å². The monoisotopic (exact) mass is 476 g/mol. The summed E-state index contributed by atoms with van der Waals surface area (Å²) in [5, 5.41) is 19.3. The van der Waals surface area contributed by atoms with Gasteiger partial charge >= 0.3 is 8.56 Å². The lowest BCUT2D eigenvalue weighted by molar-refractivity contribution is 0.387. The molecule has 0 aromatic heterocycles. The Balaban J connectivity index is 1.80. The number of phenolic OH excluding ortho intramolecular Hbond substituents is 2. The van der Waals surface area contributed by atoms with Crippen molar-refractivity contribution in [3.8, 4) is 11.5 Å². The van der Waals surface area contributed by atoms with Gasteiger partial charge in [-0.25, -0.2) is 0 Å². The topological polar surface area (TPSA) is 58.9 Å². The van der Waals surface area contributed by atoms with Gasteiger partial charge in [-0.3, -0.25) is 0 Å². The summed E-state index contributed by atoms with van der Waals surface area (Å²) < 4.78 is 13.4. The summed E-state index contributed by atoms with van der Waals surface area (Å²) in [5.74, 6) is 0.673. The zero-order valence-corrected chi connectivity index (χ0v) is 23.1. The molecule has 0 saturated carbocycles. The molecule has 0 bridgehead atoms. The third-order valence-electron chi connectivity index (χ3n) is 5.35. The molecule has 0 spiro atoms. The van der Waals surface area contributed by atoms with Crippen molar-refractivity contribution in [2.24, 2.45) is 0 Å². The smallest absolute Gasteiger partial charge is 0.311 e. The standard InChI is InChI=1S/C24H40O4Si3/c1-29(2,17-9-13-21-11-7-15-23(25)19-21)27-31(5,6)28-30(3,4)18-10-14-22-12-8-16-24(26)20-22/h7-8,11-12,15-16,19-20,25-26H,9-10,13-14,17-18H2,1-6H3. The summed E-state index contributed by atoms with van der Waals surface area (Å²) in [6, 6.07) is 17.2. The van der Waals surface area contributed by atoms with Crippen LogP contribution in [0.4, 0.5) is 0 Å². The molecule has 2 rings (SSSR count). The van der Waals surface area contributed by atoms with E-state index >= 15 is 0 Å². The molecule has 0 heterocycles. The van der Waals surface area contributed by atoms with Crippen molar-refractivity contribution >= 4 is 25.2 Å². The quantitative estimate of drug-likeness (QED) is 0.330. The van der Waals surface area contributed by atoms with E-state index in [9.17, 15) is 10.2 Å². The minimum Gasteiger partial charge on any atom is -0.508 e. The molecular formula is C24H40O4Si3. The molecular weight excluding hydrogens is 437 g/mol. The fourth-order valence-electron chi connectivity index (χ4n) is 4.31. The van der Waals surface area contributed by atoms with Crippen LogP contribution in [-0.2, 0) is 21.1 Å². The maximum Gasteiger partial charge on any atom is 0.311 e. The van der Waals surface area contributed by atoms with Crippen LogP contribution in [0, 0.1) is 0 Å². The van der Waals surface area contributed by atoms with Gasteiger partial charge in [0, 0.05) is 0 Å². The number of phenols is 2. The maximum atomic E-state index is 9.64. The normalized spacial score (nSPS) is 12.8. The second-order valence-electron chi connectivity index (χ2n) is 10.2. The molecule has 0 aliphatic rings. The zero-order valence-electron chi connectivity index (χ0n) is 20.1. The van der Waals surface area contributed by atoms with Crippen LogP contribution in [0.3, 0.4) is 0 Å². The lowest BCUT2D eigenvalue weighted by atomic mass is 10.1. The first-order valence-electron chi connectivity index (χ1n) is 11.3. The fraction of sp³-hybridized carbons (Fsp3) is 0.500. The number of rotatable bonds is 12. The Bertz CT molecular complexity index is 770. The molecule has 0 fully saturated rings. The van der Waals surface area contributed by atoms with Crippen LogP contribution in [0.15, 0.2) is 48.5 Å². The van der Waals surface area contributed by atoms with Gasteiger partial charge in [0.15, 0.2) is 16.6 Å². The largest absolute Gasteiger partial charge is 0.508 e. The SMILES string of the molecule is C[Si](C)(CCCc1cccc(O)c1)O[Si](C)(C)O[Si](C)(C)CCCc1cccc(O)c1. The third-order valence-corrected chi connectivity index (χ3v) is 16.8. The van der Waals surface area contributed by atoms with Gasteiger partial charge in [0.25, 0.3) is 0 Å². The van der Waals surface area contributed by atoms with E-state index in [1.807, 2.05) is 24.3 Å². The summed E-state index contributed by atoms with van der Waals surface area (Å²) in [4.78, 5) is 0. The van der Waals surface area contributed by atoms with Crippen LogP contribution >= 0.6 is 0 Å². The van der Waals surface area contributed by atoms with Gasteiger partial charge in [-0.1, -0.05) is 24.3 Å². The summed E-state index contributed by atoms with van der Waals surface area (Å²) >= 11 is 0. The van der Waals surface area contributed by atoms with Crippen molar-refractivity contribution in [3.63, 3.8) is 0 Å². The van der Waals surface area contributed by atoms with Gasteiger partial charge < -0.3 is 18.4 Å². The predicted molar refractivity (Wildman–Crippen MR) is 137 cm³/mol. The second-order valence-corrected chi connectivity index (χ2v) is 22.6. The molecule has 0 atom stereocenters. The van der Waals surface area contributed by atoms with Gasteiger partial charge in [-0.2, -0.15) is 0 Å². The average molecular weight is 477 g/mol. The molecule has 2 aromatic rings. The average Bonchev–Trinajstić information content (AvgIpc) is 2.59. The first-order valence-corrected chi connectivity index (χ1v) is 20.4. The van der Waals surface area contributed by atoms with Crippen molar-refractivity contribution < 1.29 is 18.4 Å². The minimum atomic E-state index is -2.21. The number of hydrogen-bond donors (Lipinski definition) is 2. The van der Waals surface area contributed by atoms with E-state index in [4.69, 9.17) is 8.23 Å². The van der Waals surface area contributed by atoms with E-state index in [2.05, 4.69) is 51.4 Å². The molecule has 7 heteroatoms. The zero-order chi connectivity index (χ0) is 23.1. The van der Waals surface area contributed by atoms with E-state index in [1.54, 1.807) is 12.1 Å². The van der Waals surface area contributed by atoms with Gasteiger partial charge in [0.2, 0.25) is 0 Å². The summed E-state index contributed by atoms with van der Waals surface area (Å²) in [7, 11) is -5.86. The molecule has 2 aromatic carbocycles. The number of aromatic hydroxyl groups is 2. The molecule has 0 radical (unpaired) electrons. The van der Waals surface area contributed by atoms with E-state index in [1.165, 1.54) is 11.1 Å². The van der Waals surface area contributed by atoms with Crippen molar-refractivity contribution in [1.82, 2.24) is 0 Å². The molecule has 0 unspecified atom stereocenters. The van der Waals surface area contributed by atoms with Gasteiger partial charge in [-0.15, -0.1) is 0 Å². The van der Waals surface area contributed by atoms with Gasteiger partial charge in [0.05, 0.1) is 0 Å². The summed E-state index contributed by atoms with van der Waals surface area (Å²) in [6.45, 7) is 13.6. The Morgan fingerprint density at radius 2 is 1.03 bits per heavy atom. The van der Waals surface area contributed by atoms with E-state index in [0.717, 1.165) is 37.8 Å². The lowest BCUT2D eigenvalue weighted by Crippen LogP contribution is -2.52. The Morgan fingerprint density at radius 1 is 0.645 bits per heavy atom. The van der Waals surface area contributed by atoms with E-state index < -0.39 is 25.2 Å². The van der Waals surface area contributed by atoms with Gasteiger partial charge in [0.1, 0.15) is 11.5 Å². The number of benzene rings is 2. The molecule has 172 valence electrons. The highest BCUT2D eigenvalue weighted by Crippen LogP contribution is 2.27. The Morgan fingerprint density at radius 3 is 1.39 bits per heavy atom. The second kappa shape index (κ2) is 11.0. The Hall–Kier alpha value is -1.39. The molecule has 2 N–H and O–H groups in total. The van der Waals surface area contributed by atoms with Crippen molar-refractivity contribution in [2.75, 3.05) is 0 Å². The Kier molecular flexibility index (Phi) is 9.15. The minimum absolute atomic E-state index is 0.337. The molecule has 0 saturated heterocycles. The van der Waals surface area contributed by atoms with E-state index in [0.29, 0.717) is 11.5 Å². The summed E-state index contributed by atoms with van der Waals surface area (Å²) in [5.41, 5.74) is 2.36. The highest BCUT2D eigenvalue weighted by molar-refractivity contribution is 6.87. The van der Waals surface area contributed by atoms with Crippen LogP contribution in [0.1, 0.15) is 24.0 Å². The van der Waals surface area contributed by atoms with Crippen molar-refractivity contribution in [1.29, 1.82) is 0 Å². The first-order chi connectivity index (χ1) is 14.4. The third kappa shape index (κ3) is 10.2. The molecule has 0 amide bonds. The number of aryl methyl sites for hydroxylation is 2. The summed E-state index contributed by atoms with van der Waals surface area (Å²) in [6.07, 6.45) is 4.06. The highest BCUT2D eigenvalue weighted by Gasteiger charge is 2.39. The van der Waals surface area contributed by atoms with Crippen LogP contribution in [-0.4, -0.2) is 35.4 Å². The van der Waals surface area contributed by atoms with Crippen LogP contribution in [0.2, 0.25) is 51.4 Å². The van der Waals surface area contributed by atoms with Crippen LogP contribution < -0.4 is 0 Å². The van der Waals surface area contributed by atoms with Crippen molar-refractivity contribution in [2.45, 2.75) is 77.1 Å². The predicted octanol–water partition coefficient (Wildman–Crippen LogP) is 6.81. The molecule has 0 aliphatic carbocycles. The molecule has 31 heavy (non-hydrogen) atoms. The van der Waals surface area contributed by atoms with E-state index in [-0.39, 0.29) is 0 Å². The molecule has 0 aliphatic heterocycles. The Labute approximate surface area is 191 Å². The lowest BCUT2D eigenvalue weighted by Gasteiger charge is -2.39. The fourth-order valence-corrected chi connectivity index (χ4v) is 18.4. The number of hydrogen-bond acceptors (Lipinski definition) is 4. The van der Waals surface area contributed by atoms with Crippen LogP contribution in [0.25, 0.3) is 0 Å². The maximum absolute atomic E-state index is 9.64.